The Balaban J connectivity index is 0. The molecular formula is C7H19O7P. The summed E-state index contributed by atoms with van der Waals surface area (Å²) in [5.41, 5.74) is 0. The Morgan fingerprint density at radius 2 is 1.20 bits per heavy atom. The third-order valence-electron chi connectivity index (χ3n) is 0.843. The first-order valence-electron chi connectivity index (χ1n) is 4.32. The molecule has 0 aromatic rings. The van der Waals surface area contributed by atoms with Gasteiger partial charge in [0.2, 0.25) is 0 Å². The molecule has 4 N–H and O–H groups in total. The van der Waals surface area contributed by atoms with Crippen LogP contribution in [0.4, 0.5) is 0 Å². The van der Waals surface area contributed by atoms with Crippen molar-refractivity contribution in [1.82, 2.24) is 0 Å². The second kappa shape index (κ2) is 12.1. The van der Waals surface area contributed by atoms with Gasteiger partial charge in [0.05, 0.1) is 39.6 Å². The third-order valence-corrected chi connectivity index (χ3v) is 0.843. The molecule has 0 aromatic heterocycles. The maximum absolute atomic E-state index is 9.33. The largest absolute Gasteiger partial charge is 0.394 e. The van der Waals surface area contributed by atoms with E-state index in [0.29, 0.717) is 26.4 Å². The van der Waals surface area contributed by atoms with E-state index >= 15 is 0 Å². The lowest BCUT2D eigenvalue weighted by Crippen LogP contribution is -2.09. The number of aliphatic hydroxyl groups is 2. The Morgan fingerprint density at radius 3 is 1.40 bits per heavy atom. The molecule has 8 heteroatoms. The number of ether oxygens (including phenoxy) is 2. The van der Waals surface area contributed by atoms with Crippen molar-refractivity contribution in [3.63, 3.8) is 0 Å². The highest BCUT2D eigenvalue weighted by atomic mass is 31.2. The molecule has 0 rings (SSSR count). The van der Waals surface area contributed by atoms with Crippen LogP contribution in [0.25, 0.3) is 0 Å². The maximum atomic E-state index is 9.33. The molecule has 7 nitrogen and oxygen atoms in total. The highest BCUT2D eigenvalue weighted by Gasteiger charge is 1.95. The van der Waals surface area contributed by atoms with Crippen molar-refractivity contribution in [2.45, 2.75) is 0 Å². The average Bonchev–Trinajstić information content (AvgIpc) is 2.08. The first-order chi connectivity index (χ1) is 6.91. The molecule has 0 aliphatic carbocycles. The molecule has 0 aliphatic rings. The van der Waals surface area contributed by atoms with Gasteiger partial charge in [-0.25, -0.2) is 0 Å². The predicted octanol–water partition coefficient (Wildman–Crippen LogP) is -1.20. The quantitative estimate of drug-likeness (QED) is 0.329. The van der Waals surface area contributed by atoms with Crippen molar-refractivity contribution in [2.75, 3.05) is 46.3 Å². The Hall–Kier alpha value is -0.0100. The molecule has 0 bridgehead atoms. The summed E-state index contributed by atoms with van der Waals surface area (Å²) in [4.78, 5) is 15.3. The highest BCUT2D eigenvalue weighted by Crippen LogP contribution is 2.26. The minimum atomic E-state index is -3.64. The van der Waals surface area contributed by atoms with Gasteiger partial charge in [-0.15, -0.1) is 0 Å². The summed E-state index contributed by atoms with van der Waals surface area (Å²) in [6.07, 6.45) is 0. The van der Waals surface area contributed by atoms with Crippen LogP contribution in [0.3, 0.4) is 0 Å². The summed E-state index contributed by atoms with van der Waals surface area (Å²) in [6, 6.07) is 0. The van der Waals surface area contributed by atoms with Gasteiger partial charge in [0, 0.05) is 6.66 Å². The lowest BCUT2D eigenvalue weighted by Gasteiger charge is -2.01. The van der Waals surface area contributed by atoms with Crippen LogP contribution < -0.4 is 0 Å². The Labute approximate surface area is 88.8 Å². The third kappa shape index (κ3) is 41.2. The Bertz CT molecular complexity index is 141. The van der Waals surface area contributed by atoms with Crippen LogP contribution in [-0.4, -0.2) is 66.3 Å². The molecule has 0 saturated carbocycles. The van der Waals surface area contributed by atoms with Crippen LogP contribution in [0.5, 0.6) is 0 Å². The predicted molar refractivity (Wildman–Crippen MR) is 53.8 cm³/mol. The minimum Gasteiger partial charge on any atom is -0.394 e. The van der Waals surface area contributed by atoms with Gasteiger partial charge in [-0.1, -0.05) is 0 Å². The molecule has 0 aliphatic heterocycles. The van der Waals surface area contributed by atoms with Crippen molar-refractivity contribution in [3.8, 4) is 0 Å². The van der Waals surface area contributed by atoms with Gasteiger partial charge in [0.1, 0.15) is 0 Å². The summed E-state index contributed by atoms with van der Waals surface area (Å²) in [5, 5.41) is 16.5. The molecule has 0 fully saturated rings. The topological polar surface area (TPSA) is 116 Å². The van der Waals surface area contributed by atoms with Crippen molar-refractivity contribution in [2.24, 2.45) is 0 Å². The van der Waals surface area contributed by atoms with Crippen LogP contribution in [-0.2, 0) is 14.0 Å². The highest BCUT2D eigenvalue weighted by molar-refractivity contribution is 7.50. The molecule has 15 heavy (non-hydrogen) atoms. The molecule has 0 radical (unpaired) electrons. The van der Waals surface area contributed by atoms with Gasteiger partial charge in [-0.2, -0.15) is 0 Å². The van der Waals surface area contributed by atoms with E-state index in [0.717, 1.165) is 6.66 Å². The molecular weight excluding hydrogens is 227 g/mol. The Morgan fingerprint density at radius 1 is 0.933 bits per heavy atom. The molecule has 0 saturated heterocycles. The molecule has 0 unspecified atom stereocenters. The maximum Gasteiger partial charge on any atom is 0.322 e. The SMILES string of the molecule is CP(=O)(O)O.OCCOCCOCCO. The summed E-state index contributed by atoms with van der Waals surface area (Å²) in [5.74, 6) is 0. The molecule has 0 spiro atoms. The van der Waals surface area contributed by atoms with Gasteiger partial charge in [-0.3, -0.25) is 4.57 Å². The lowest BCUT2D eigenvalue weighted by molar-refractivity contribution is 0.0222. The number of hydrogen-bond donors (Lipinski definition) is 4. The average molecular weight is 246 g/mol. The van der Waals surface area contributed by atoms with Crippen molar-refractivity contribution >= 4 is 7.60 Å². The standard InChI is InChI=1S/C6H14O4.CH5O3P/c7-1-3-9-5-6-10-4-2-8;1-5(2,3)4/h7-8H,1-6H2;1H3,(H2,2,3,4). The fourth-order valence-corrected chi connectivity index (χ4v) is 0.451. The number of hydrogen-bond acceptors (Lipinski definition) is 5. The fourth-order valence-electron chi connectivity index (χ4n) is 0.451. The van der Waals surface area contributed by atoms with E-state index in [4.69, 9.17) is 29.5 Å². The van der Waals surface area contributed by atoms with Crippen LogP contribution in [0, 0.1) is 0 Å². The van der Waals surface area contributed by atoms with Gasteiger partial charge < -0.3 is 29.5 Å². The van der Waals surface area contributed by atoms with Gasteiger partial charge in [-0.05, 0) is 0 Å². The summed E-state index contributed by atoms with van der Waals surface area (Å²) < 4.78 is 19.1. The zero-order chi connectivity index (χ0) is 12.2. The monoisotopic (exact) mass is 246 g/mol. The van der Waals surface area contributed by atoms with Crippen molar-refractivity contribution in [3.05, 3.63) is 0 Å². The first kappa shape index (κ1) is 17.4. The van der Waals surface area contributed by atoms with Crippen LogP contribution in [0.2, 0.25) is 0 Å². The van der Waals surface area contributed by atoms with Crippen molar-refractivity contribution < 1.29 is 34.0 Å². The van der Waals surface area contributed by atoms with E-state index in [1.54, 1.807) is 0 Å². The fraction of sp³-hybridized carbons (Fsp3) is 1.00. The van der Waals surface area contributed by atoms with E-state index in [1.807, 2.05) is 0 Å². The molecule has 0 amide bonds. The zero-order valence-corrected chi connectivity index (χ0v) is 9.60. The smallest absolute Gasteiger partial charge is 0.322 e. The first-order valence-corrected chi connectivity index (χ1v) is 6.38. The summed E-state index contributed by atoms with van der Waals surface area (Å²) in [7, 11) is -3.64. The Kier molecular flexibility index (Phi) is 14.0. The van der Waals surface area contributed by atoms with Crippen LogP contribution in [0.15, 0.2) is 0 Å². The van der Waals surface area contributed by atoms with E-state index < -0.39 is 7.60 Å². The molecule has 0 heterocycles. The number of aliphatic hydroxyl groups excluding tert-OH is 2. The number of rotatable bonds is 7. The minimum absolute atomic E-state index is 0.0417. The summed E-state index contributed by atoms with van der Waals surface area (Å²) >= 11 is 0. The van der Waals surface area contributed by atoms with Crippen LogP contribution >= 0.6 is 7.60 Å². The summed E-state index contributed by atoms with van der Waals surface area (Å²) in [6.45, 7) is 2.58. The van der Waals surface area contributed by atoms with Gasteiger partial charge >= 0.3 is 7.60 Å². The second-order valence-electron chi connectivity index (χ2n) is 2.51. The second-order valence-corrected chi connectivity index (χ2v) is 4.18. The van der Waals surface area contributed by atoms with E-state index in [9.17, 15) is 4.57 Å². The van der Waals surface area contributed by atoms with Crippen LogP contribution in [0.1, 0.15) is 0 Å². The van der Waals surface area contributed by atoms with Crippen molar-refractivity contribution in [1.29, 1.82) is 0 Å². The van der Waals surface area contributed by atoms with Gasteiger partial charge in [0.25, 0.3) is 0 Å². The van der Waals surface area contributed by atoms with E-state index in [2.05, 4.69) is 0 Å². The normalized spacial score (nSPS) is 10.7. The molecule has 0 aromatic carbocycles. The van der Waals surface area contributed by atoms with E-state index in [-0.39, 0.29) is 13.2 Å². The molecule has 0 atom stereocenters. The lowest BCUT2D eigenvalue weighted by atomic mass is 10.7. The molecule has 94 valence electrons. The van der Waals surface area contributed by atoms with Gasteiger partial charge in [0.15, 0.2) is 0 Å². The zero-order valence-electron chi connectivity index (χ0n) is 8.70. The van der Waals surface area contributed by atoms with E-state index in [1.165, 1.54) is 0 Å².